The summed E-state index contributed by atoms with van der Waals surface area (Å²) < 4.78 is 0. The van der Waals surface area contributed by atoms with Gasteiger partial charge in [-0.05, 0) is 29.5 Å². The minimum Gasteiger partial charge on any atom is -0.354 e. The van der Waals surface area contributed by atoms with Crippen LogP contribution < -0.4 is 0 Å². The molecular weight excluding hydrogens is 242 g/mol. The molecule has 98 valence electrons. The SMILES string of the molecule is CC1CC=Cc2[nH]c3c(-c4ccccc4)cccc3c21. The van der Waals surface area contributed by atoms with Gasteiger partial charge in [0.1, 0.15) is 0 Å². The van der Waals surface area contributed by atoms with E-state index in [1.54, 1.807) is 0 Å². The highest BCUT2D eigenvalue weighted by Gasteiger charge is 2.19. The van der Waals surface area contributed by atoms with Gasteiger partial charge in [-0.25, -0.2) is 0 Å². The van der Waals surface area contributed by atoms with Crippen molar-refractivity contribution in [3.8, 4) is 11.1 Å². The van der Waals surface area contributed by atoms with E-state index >= 15 is 0 Å². The van der Waals surface area contributed by atoms with Gasteiger partial charge < -0.3 is 4.98 Å². The summed E-state index contributed by atoms with van der Waals surface area (Å²) in [6, 6.07) is 17.2. The van der Waals surface area contributed by atoms with Gasteiger partial charge in [0.05, 0.1) is 5.52 Å². The van der Waals surface area contributed by atoms with Gasteiger partial charge in [0, 0.05) is 16.6 Å². The number of rotatable bonds is 1. The Bertz CT molecular complexity index is 793. The monoisotopic (exact) mass is 259 g/mol. The Morgan fingerprint density at radius 2 is 1.85 bits per heavy atom. The molecule has 1 nitrogen and oxygen atoms in total. The van der Waals surface area contributed by atoms with Crippen LogP contribution in [-0.4, -0.2) is 4.98 Å². The Balaban J connectivity index is 2.04. The molecule has 1 aliphatic carbocycles. The lowest BCUT2D eigenvalue weighted by molar-refractivity contribution is 0.778. The highest BCUT2D eigenvalue weighted by molar-refractivity contribution is 5.98. The Morgan fingerprint density at radius 3 is 2.70 bits per heavy atom. The summed E-state index contributed by atoms with van der Waals surface area (Å²) in [6.07, 6.45) is 5.63. The molecule has 0 saturated heterocycles. The van der Waals surface area contributed by atoms with E-state index in [0.29, 0.717) is 5.92 Å². The molecule has 0 radical (unpaired) electrons. The largest absolute Gasteiger partial charge is 0.354 e. The van der Waals surface area contributed by atoms with Gasteiger partial charge in [-0.15, -0.1) is 0 Å². The number of fused-ring (bicyclic) bond motifs is 3. The fraction of sp³-hybridized carbons (Fsp3) is 0.158. The fourth-order valence-corrected chi connectivity index (χ4v) is 3.29. The molecule has 3 aromatic rings. The summed E-state index contributed by atoms with van der Waals surface area (Å²) in [7, 11) is 0. The quantitative estimate of drug-likeness (QED) is 0.606. The fourth-order valence-electron chi connectivity index (χ4n) is 3.29. The number of allylic oxidation sites excluding steroid dienone is 1. The Labute approximate surface area is 119 Å². The second-order valence-electron chi connectivity index (χ2n) is 5.59. The first kappa shape index (κ1) is 11.5. The Morgan fingerprint density at radius 1 is 1.00 bits per heavy atom. The maximum Gasteiger partial charge on any atom is 0.0541 e. The summed E-state index contributed by atoms with van der Waals surface area (Å²) in [5, 5.41) is 1.37. The molecule has 1 unspecified atom stereocenters. The molecule has 1 aliphatic rings. The summed E-state index contributed by atoms with van der Waals surface area (Å²) >= 11 is 0. The van der Waals surface area contributed by atoms with Crippen LogP contribution in [0.2, 0.25) is 0 Å². The molecule has 1 heterocycles. The van der Waals surface area contributed by atoms with Crippen LogP contribution in [0.3, 0.4) is 0 Å². The average Bonchev–Trinajstić information content (AvgIpc) is 2.88. The summed E-state index contributed by atoms with van der Waals surface area (Å²) in [4.78, 5) is 3.63. The Hall–Kier alpha value is -2.28. The first-order valence-corrected chi connectivity index (χ1v) is 7.21. The predicted molar refractivity (Wildman–Crippen MR) is 85.8 cm³/mol. The third-order valence-electron chi connectivity index (χ3n) is 4.26. The minimum absolute atomic E-state index is 0.592. The maximum absolute atomic E-state index is 3.63. The van der Waals surface area contributed by atoms with Crippen molar-refractivity contribution in [3.63, 3.8) is 0 Å². The summed E-state index contributed by atoms with van der Waals surface area (Å²) in [5.74, 6) is 0.592. The molecule has 2 aromatic carbocycles. The third kappa shape index (κ3) is 1.63. The van der Waals surface area contributed by atoms with E-state index in [9.17, 15) is 0 Å². The van der Waals surface area contributed by atoms with Crippen molar-refractivity contribution in [2.24, 2.45) is 0 Å². The summed E-state index contributed by atoms with van der Waals surface area (Å²) in [6.45, 7) is 2.31. The van der Waals surface area contributed by atoms with Crippen molar-refractivity contribution in [2.45, 2.75) is 19.3 Å². The normalized spacial score (nSPS) is 17.4. The number of H-pyrrole nitrogens is 1. The first-order valence-electron chi connectivity index (χ1n) is 7.21. The van der Waals surface area contributed by atoms with Crippen LogP contribution in [-0.2, 0) is 0 Å². The molecule has 1 N–H and O–H groups in total. The van der Waals surface area contributed by atoms with Crippen molar-refractivity contribution in [1.82, 2.24) is 4.98 Å². The van der Waals surface area contributed by atoms with Crippen LogP contribution in [0.1, 0.15) is 30.5 Å². The second kappa shape index (κ2) is 4.38. The molecule has 0 bridgehead atoms. The molecule has 0 aliphatic heterocycles. The van der Waals surface area contributed by atoms with Crippen molar-refractivity contribution < 1.29 is 0 Å². The van der Waals surface area contributed by atoms with E-state index < -0.39 is 0 Å². The van der Waals surface area contributed by atoms with Gasteiger partial charge in [-0.3, -0.25) is 0 Å². The van der Waals surface area contributed by atoms with E-state index in [2.05, 4.69) is 72.6 Å². The first-order chi connectivity index (χ1) is 9.84. The number of aromatic nitrogens is 1. The molecule has 1 heteroatoms. The van der Waals surface area contributed by atoms with Crippen molar-refractivity contribution >= 4 is 17.0 Å². The zero-order valence-electron chi connectivity index (χ0n) is 11.6. The topological polar surface area (TPSA) is 15.8 Å². The van der Waals surface area contributed by atoms with Crippen molar-refractivity contribution in [3.05, 3.63) is 65.9 Å². The van der Waals surface area contributed by atoms with Crippen LogP contribution in [0.4, 0.5) is 0 Å². The molecule has 1 atom stereocenters. The van der Waals surface area contributed by atoms with Crippen LogP contribution in [0.25, 0.3) is 28.1 Å². The van der Waals surface area contributed by atoms with Crippen molar-refractivity contribution in [1.29, 1.82) is 0 Å². The second-order valence-corrected chi connectivity index (χ2v) is 5.59. The number of hydrogen-bond donors (Lipinski definition) is 1. The predicted octanol–water partition coefficient (Wildman–Crippen LogP) is 5.36. The lowest BCUT2D eigenvalue weighted by Gasteiger charge is -2.13. The molecule has 1 aromatic heterocycles. The van der Waals surface area contributed by atoms with Gasteiger partial charge in [0.25, 0.3) is 0 Å². The van der Waals surface area contributed by atoms with Gasteiger partial charge in [0.15, 0.2) is 0 Å². The average molecular weight is 259 g/mol. The third-order valence-corrected chi connectivity index (χ3v) is 4.26. The zero-order chi connectivity index (χ0) is 13.5. The van der Waals surface area contributed by atoms with E-state index in [-0.39, 0.29) is 0 Å². The van der Waals surface area contributed by atoms with E-state index in [1.165, 1.54) is 33.3 Å². The van der Waals surface area contributed by atoms with E-state index in [0.717, 1.165) is 6.42 Å². The number of nitrogens with one attached hydrogen (secondary N) is 1. The number of para-hydroxylation sites is 1. The summed E-state index contributed by atoms with van der Waals surface area (Å²) in [5.41, 5.74) is 6.58. The zero-order valence-corrected chi connectivity index (χ0v) is 11.6. The highest BCUT2D eigenvalue weighted by atomic mass is 14.7. The van der Waals surface area contributed by atoms with Gasteiger partial charge in [0.2, 0.25) is 0 Å². The van der Waals surface area contributed by atoms with Crippen LogP contribution in [0.15, 0.2) is 54.6 Å². The molecule has 0 amide bonds. The molecule has 4 rings (SSSR count). The van der Waals surface area contributed by atoms with Gasteiger partial charge in [-0.2, -0.15) is 0 Å². The van der Waals surface area contributed by atoms with Crippen LogP contribution in [0.5, 0.6) is 0 Å². The maximum atomic E-state index is 3.63. The van der Waals surface area contributed by atoms with Gasteiger partial charge >= 0.3 is 0 Å². The standard InChI is InChI=1S/C19H17N/c1-13-7-5-12-17-18(13)16-11-6-10-15(19(16)20-17)14-8-3-2-4-9-14/h2-6,8-13,20H,7H2,1H3. The van der Waals surface area contributed by atoms with Crippen LogP contribution in [0, 0.1) is 0 Å². The Kier molecular flexibility index (Phi) is 2.53. The lowest BCUT2D eigenvalue weighted by atomic mass is 9.90. The smallest absolute Gasteiger partial charge is 0.0541 e. The van der Waals surface area contributed by atoms with E-state index in [4.69, 9.17) is 0 Å². The lowest BCUT2D eigenvalue weighted by Crippen LogP contribution is -1.97. The number of aromatic amines is 1. The highest BCUT2D eigenvalue weighted by Crippen LogP contribution is 2.38. The number of hydrogen-bond acceptors (Lipinski definition) is 0. The minimum atomic E-state index is 0.592. The van der Waals surface area contributed by atoms with Crippen molar-refractivity contribution in [2.75, 3.05) is 0 Å². The van der Waals surface area contributed by atoms with Crippen LogP contribution >= 0.6 is 0 Å². The molecule has 0 spiro atoms. The molecule has 0 saturated carbocycles. The molecular formula is C19H17N. The van der Waals surface area contributed by atoms with Gasteiger partial charge in [-0.1, -0.05) is 61.5 Å². The molecule has 20 heavy (non-hydrogen) atoms. The number of benzene rings is 2. The van der Waals surface area contributed by atoms with E-state index in [1.807, 2.05) is 0 Å². The molecule has 0 fully saturated rings.